The molecule has 16 heavy (non-hydrogen) atoms. The summed E-state index contributed by atoms with van der Waals surface area (Å²) in [6, 6.07) is 1.24. The molecule has 1 aromatic rings. The van der Waals surface area contributed by atoms with Crippen LogP contribution in [0.3, 0.4) is 0 Å². The van der Waals surface area contributed by atoms with Gasteiger partial charge in [-0.25, -0.2) is 4.98 Å². The summed E-state index contributed by atoms with van der Waals surface area (Å²) in [4.78, 5) is 14.5. The summed E-state index contributed by atoms with van der Waals surface area (Å²) in [6.07, 6.45) is 1.42. The predicted molar refractivity (Wildman–Crippen MR) is 57.1 cm³/mol. The third kappa shape index (κ3) is 3.70. The molecule has 0 fully saturated rings. The van der Waals surface area contributed by atoms with E-state index in [1.54, 1.807) is 13.8 Å². The van der Waals surface area contributed by atoms with E-state index in [4.69, 9.17) is 4.74 Å². The van der Waals surface area contributed by atoms with Crippen LogP contribution in [0.2, 0.25) is 0 Å². The highest BCUT2D eigenvalue weighted by molar-refractivity contribution is 5.72. The Labute approximate surface area is 93.6 Å². The first kappa shape index (κ1) is 12.2. The molecule has 0 aliphatic rings. The summed E-state index contributed by atoms with van der Waals surface area (Å²) in [5, 5.41) is 0. The molecule has 4 heteroatoms. The van der Waals surface area contributed by atoms with Crippen molar-refractivity contribution in [1.82, 2.24) is 4.98 Å². The molecule has 0 saturated heterocycles. The number of nitrogens with zero attached hydrogens (tertiary/aromatic N) is 1. The minimum Gasteiger partial charge on any atom is -0.465 e. The Morgan fingerprint density at radius 1 is 1.62 bits per heavy atom. The number of halogens is 1. The Morgan fingerprint density at radius 2 is 2.38 bits per heavy atom. The average molecular weight is 221 g/mol. The fourth-order valence-corrected chi connectivity index (χ4v) is 1.06. The van der Waals surface area contributed by atoms with Gasteiger partial charge in [-0.2, -0.15) is 4.39 Å². The van der Waals surface area contributed by atoms with Crippen LogP contribution >= 0.6 is 0 Å². The second-order valence-corrected chi connectivity index (χ2v) is 3.11. The molecule has 84 valence electrons. The highest BCUT2D eigenvalue weighted by atomic mass is 19.1. The lowest BCUT2D eigenvalue weighted by Gasteiger charge is -1.97. The fraction of sp³-hybridized carbons (Fsp3) is 0.333. The van der Waals surface area contributed by atoms with E-state index in [0.717, 1.165) is 5.56 Å². The first-order chi connectivity index (χ1) is 7.63. The number of rotatable bonds is 2. The minimum absolute atomic E-state index is 0.0111. The van der Waals surface area contributed by atoms with E-state index < -0.39 is 5.95 Å². The van der Waals surface area contributed by atoms with Crippen molar-refractivity contribution in [2.45, 2.75) is 20.3 Å². The average Bonchev–Trinajstić information content (AvgIpc) is 2.23. The van der Waals surface area contributed by atoms with Gasteiger partial charge in [0.05, 0.1) is 6.61 Å². The summed E-state index contributed by atoms with van der Waals surface area (Å²) in [5.74, 6) is 4.40. The SMILES string of the molecule is CCOC(=O)CC#Cc1cc(F)ncc1C. The Bertz CT molecular complexity index is 446. The number of carbonyl (C=O) groups is 1. The molecule has 0 spiro atoms. The van der Waals surface area contributed by atoms with Crippen molar-refractivity contribution < 1.29 is 13.9 Å². The van der Waals surface area contributed by atoms with E-state index >= 15 is 0 Å². The molecule has 0 atom stereocenters. The van der Waals surface area contributed by atoms with E-state index in [-0.39, 0.29) is 12.4 Å². The van der Waals surface area contributed by atoms with Crippen LogP contribution in [0.1, 0.15) is 24.5 Å². The van der Waals surface area contributed by atoms with Crippen LogP contribution in [-0.4, -0.2) is 17.6 Å². The van der Waals surface area contributed by atoms with Gasteiger partial charge in [0.25, 0.3) is 0 Å². The van der Waals surface area contributed by atoms with E-state index in [1.807, 2.05) is 0 Å². The molecule has 0 amide bonds. The van der Waals surface area contributed by atoms with Gasteiger partial charge in [0, 0.05) is 17.8 Å². The second kappa shape index (κ2) is 5.86. The van der Waals surface area contributed by atoms with Gasteiger partial charge < -0.3 is 4.74 Å². The Morgan fingerprint density at radius 3 is 3.06 bits per heavy atom. The molecule has 0 N–H and O–H groups in total. The van der Waals surface area contributed by atoms with Crippen LogP contribution in [0.15, 0.2) is 12.3 Å². The molecular weight excluding hydrogens is 209 g/mol. The number of aryl methyl sites for hydroxylation is 1. The third-order valence-electron chi connectivity index (χ3n) is 1.83. The van der Waals surface area contributed by atoms with Crippen LogP contribution in [0.4, 0.5) is 4.39 Å². The predicted octanol–water partition coefficient (Wildman–Crippen LogP) is 1.83. The molecular formula is C12H12FNO2. The van der Waals surface area contributed by atoms with Crippen molar-refractivity contribution in [1.29, 1.82) is 0 Å². The number of ether oxygens (including phenoxy) is 1. The molecule has 1 heterocycles. The van der Waals surface area contributed by atoms with Gasteiger partial charge in [0.1, 0.15) is 6.42 Å². The van der Waals surface area contributed by atoms with Crippen molar-refractivity contribution in [3.63, 3.8) is 0 Å². The number of esters is 1. The number of hydrogen-bond acceptors (Lipinski definition) is 3. The smallest absolute Gasteiger partial charge is 0.317 e. The van der Waals surface area contributed by atoms with Crippen molar-refractivity contribution in [2.24, 2.45) is 0 Å². The first-order valence-corrected chi connectivity index (χ1v) is 4.90. The third-order valence-corrected chi connectivity index (χ3v) is 1.83. The lowest BCUT2D eigenvalue weighted by atomic mass is 10.1. The van der Waals surface area contributed by atoms with E-state index in [9.17, 15) is 9.18 Å². The number of pyridine rings is 1. The van der Waals surface area contributed by atoms with E-state index in [1.165, 1.54) is 12.3 Å². The monoisotopic (exact) mass is 221 g/mol. The lowest BCUT2D eigenvalue weighted by molar-refractivity contribution is -0.141. The van der Waals surface area contributed by atoms with Crippen molar-refractivity contribution in [3.05, 3.63) is 29.3 Å². The van der Waals surface area contributed by atoms with Gasteiger partial charge in [0.2, 0.25) is 5.95 Å². The van der Waals surface area contributed by atoms with E-state index in [2.05, 4.69) is 16.8 Å². The maximum absolute atomic E-state index is 12.8. The molecule has 1 aromatic heterocycles. The molecule has 0 aromatic carbocycles. The normalized spacial score (nSPS) is 9.19. The molecule has 0 saturated carbocycles. The fourth-order valence-electron chi connectivity index (χ4n) is 1.06. The number of aromatic nitrogens is 1. The van der Waals surface area contributed by atoms with Gasteiger partial charge >= 0.3 is 5.97 Å². The summed E-state index contributed by atoms with van der Waals surface area (Å²) in [7, 11) is 0. The van der Waals surface area contributed by atoms with Crippen molar-refractivity contribution >= 4 is 5.97 Å². The van der Waals surface area contributed by atoms with Crippen LogP contribution in [0.5, 0.6) is 0 Å². The van der Waals surface area contributed by atoms with Crippen molar-refractivity contribution in [2.75, 3.05) is 6.61 Å². The largest absolute Gasteiger partial charge is 0.465 e. The quantitative estimate of drug-likeness (QED) is 0.434. The lowest BCUT2D eigenvalue weighted by Crippen LogP contribution is -2.01. The molecule has 1 rings (SSSR count). The van der Waals surface area contributed by atoms with Crippen LogP contribution < -0.4 is 0 Å². The molecule has 0 unspecified atom stereocenters. The standard InChI is InChI=1S/C12H12FNO2/c1-3-16-12(15)6-4-5-10-7-11(13)14-8-9(10)2/h7-8H,3,6H2,1-2H3. The van der Waals surface area contributed by atoms with Gasteiger partial charge in [-0.15, -0.1) is 0 Å². The maximum atomic E-state index is 12.8. The van der Waals surface area contributed by atoms with Crippen molar-refractivity contribution in [3.8, 4) is 11.8 Å². The van der Waals surface area contributed by atoms with Crippen LogP contribution in [-0.2, 0) is 9.53 Å². The van der Waals surface area contributed by atoms with Gasteiger partial charge in [-0.05, 0) is 19.4 Å². The highest BCUT2D eigenvalue weighted by Gasteiger charge is 1.99. The Hall–Kier alpha value is -1.89. The summed E-state index contributed by atoms with van der Waals surface area (Å²) in [5.41, 5.74) is 1.31. The minimum atomic E-state index is -0.578. The summed E-state index contributed by atoms with van der Waals surface area (Å²) in [6.45, 7) is 3.85. The van der Waals surface area contributed by atoms with Gasteiger partial charge in [-0.3, -0.25) is 4.79 Å². The first-order valence-electron chi connectivity index (χ1n) is 4.90. The molecule has 0 aliphatic carbocycles. The molecule has 0 radical (unpaired) electrons. The molecule has 0 bridgehead atoms. The summed E-state index contributed by atoms with van der Waals surface area (Å²) >= 11 is 0. The Kier molecular flexibility index (Phi) is 4.46. The summed E-state index contributed by atoms with van der Waals surface area (Å²) < 4.78 is 17.5. The van der Waals surface area contributed by atoms with Gasteiger partial charge in [-0.1, -0.05) is 11.8 Å². The topological polar surface area (TPSA) is 39.2 Å². The molecule has 3 nitrogen and oxygen atoms in total. The van der Waals surface area contributed by atoms with Crippen LogP contribution in [0, 0.1) is 24.7 Å². The van der Waals surface area contributed by atoms with Gasteiger partial charge in [0.15, 0.2) is 0 Å². The zero-order valence-corrected chi connectivity index (χ0v) is 9.21. The number of hydrogen-bond donors (Lipinski definition) is 0. The van der Waals surface area contributed by atoms with Crippen LogP contribution in [0.25, 0.3) is 0 Å². The van der Waals surface area contributed by atoms with E-state index in [0.29, 0.717) is 12.2 Å². The highest BCUT2D eigenvalue weighted by Crippen LogP contribution is 2.05. The second-order valence-electron chi connectivity index (χ2n) is 3.11. The Balaban J connectivity index is 2.69. The zero-order valence-electron chi connectivity index (χ0n) is 9.21. The molecule has 0 aliphatic heterocycles. The maximum Gasteiger partial charge on any atom is 0.317 e. The number of carbonyl (C=O) groups excluding carboxylic acids is 1. The zero-order chi connectivity index (χ0) is 12.0.